The minimum atomic E-state index is 0.449. The number of unbranched alkanes of at least 4 members (excludes halogenated alkanes) is 2. The quantitative estimate of drug-likeness (QED) is 0.665. The maximum atomic E-state index is 2.63. The Bertz CT molecular complexity index is 176. The fourth-order valence-electron chi connectivity index (χ4n) is 2.43. The van der Waals surface area contributed by atoms with E-state index in [1.807, 2.05) is 0 Å². The molecule has 0 N–H and O–H groups in total. The van der Waals surface area contributed by atoms with Gasteiger partial charge in [-0.05, 0) is 18.4 Å². The number of hydrogen-bond acceptors (Lipinski definition) is 2. The Hall–Kier alpha value is -0.0800. The molecule has 0 aromatic carbocycles. The summed E-state index contributed by atoms with van der Waals surface area (Å²) in [6.07, 6.45) is 4.11. The first-order valence-electron chi connectivity index (χ1n) is 6.96. The van der Waals surface area contributed by atoms with Crippen molar-refractivity contribution in [2.24, 2.45) is 5.41 Å². The van der Waals surface area contributed by atoms with Crippen LogP contribution in [0.2, 0.25) is 0 Å². The van der Waals surface area contributed by atoms with E-state index >= 15 is 0 Å². The van der Waals surface area contributed by atoms with Gasteiger partial charge in [0.05, 0.1) is 0 Å². The van der Waals surface area contributed by atoms with Crippen LogP contribution in [0.1, 0.15) is 47.0 Å². The van der Waals surface area contributed by atoms with Gasteiger partial charge in [-0.3, -0.25) is 0 Å². The lowest BCUT2D eigenvalue weighted by Gasteiger charge is -2.37. The van der Waals surface area contributed by atoms with Gasteiger partial charge in [-0.1, -0.05) is 40.5 Å². The summed E-state index contributed by atoms with van der Waals surface area (Å²) in [6, 6.07) is 0. The normalized spacial score (nSPS) is 20.2. The highest BCUT2D eigenvalue weighted by Gasteiger charge is 2.20. The predicted molar refractivity (Wildman–Crippen MR) is 71.9 cm³/mol. The van der Waals surface area contributed by atoms with E-state index in [1.54, 1.807) is 0 Å². The zero-order valence-corrected chi connectivity index (χ0v) is 11.8. The molecule has 0 saturated carbocycles. The van der Waals surface area contributed by atoms with Gasteiger partial charge in [0, 0.05) is 32.7 Å². The van der Waals surface area contributed by atoms with Crippen molar-refractivity contribution in [2.75, 3.05) is 39.3 Å². The number of rotatable bonds is 5. The van der Waals surface area contributed by atoms with Crippen LogP contribution in [0, 0.1) is 5.41 Å². The molecule has 2 heteroatoms. The zero-order chi connectivity index (χ0) is 12.0. The third-order valence-electron chi connectivity index (χ3n) is 3.24. The summed E-state index contributed by atoms with van der Waals surface area (Å²) in [5.74, 6) is 0. The topological polar surface area (TPSA) is 6.48 Å². The van der Waals surface area contributed by atoms with Gasteiger partial charge in [0.1, 0.15) is 0 Å². The standard InChI is InChI=1S/C14H30N2/c1-5-6-7-8-15-9-11-16(12-10-15)13-14(2,3)4/h5-13H2,1-4H3. The van der Waals surface area contributed by atoms with Crippen LogP contribution in [0.5, 0.6) is 0 Å². The van der Waals surface area contributed by atoms with Gasteiger partial charge in [0.15, 0.2) is 0 Å². The molecule has 1 aliphatic rings. The molecule has 0 aliphatic carbocycles. The van der Waals surface area contributed by atoms with Crippen LogP contribution in [0.15, 0.2) is 0 Å². The van der Waals surface area contributed by atoms with Gasteiger partial charge in [0.25, 0.3) is 0 Å². The monoisotopic (exact) mass is 226 g/mol. The van der Waals surface area contributed by atoms with Crippen molar-refractivity contribution < 1.29 is 0 Å². The van der Waals surface area contributed by atoms with E-state index in [0.29, 0.717) is 5.41 Å². The molecule has 0 spiro atoms. The highest BCUT2D eigenvalue weighted by atomic mass is 15.3. The summed E-state index contributed by atoms with van der Waals surface area (Å²) < 4.78 is 0. The Morgan fingerprint density at radius 2 is 1.44 bits per heavy atom. The number of nitrogens with zero attached hydrogens (tertiary/aromatic N) is 2. The van der Waals surface area contributed by atoms with Crippen molar-refractivity contribution in [1.82, 2.24) is 9.80 Å². The fourth-order valence-corrected chi connectivity index (χ4v) is 2.43. The maximum Gasteiger partial charge on any atom is 0.0110 e. The molecule has 0 radical (unpaired) electrons. The fraction of sp³-hybridized carbons (Fsp3) is 1.00. The van der Waals surface area contributed by atoms with Gasteiger partial charge in [0.2, 0.25) is 0 Å². The van der Waals surface area contributed by atoms with E-state index in [4.69, 9.17) is 0 Å². The lowest BCUT2D eigenvalue weighted by molar-refractivity contribution is 0.101. The molecule has 1 rings (SSSR count). The number of piperazine rings is 1. The van der Waals surface area contributed by atoms with E-state index < -0.39 is 0 Å². The molecule has 96 valence electrons. The highest BCUT2D eigenvalue weighted by Crippen LogP contribution is 2.16. The van der Waals surface area contributed by atoms with Crippen molar-refractivity contribution in [3.8, 4) is 0 Å². The second kappa shape index (κ2) is 6.61. The Kier molecular flexibility index (Phi) is 5.77. The van der Waals surface area contributed by atoms with Crippen molar-refractivity contribution in [3.63, 3.8) is 0 Å². The summed E-state index contributed by atoms with van der Waals surface area (Å²) in [5.41, 5.74) is 0.449. The van der Waals surface area contributed by atoms with E-state index in [1.165, 1.54) is 58.5 Å². The molecular weight excluding hydrogens is 196 g/mol. The smallest absolute Gasteiger partial charge is 0.0110 e. The second-order valence-corrected chi connectivity index (χ2v) is 6.39. The largest absolute Gasteiger partial charge is 0.301 e. The molecule has 16 heavy (non-hydrogen) atoms. The Morgan fingerprint density at radius 1 is 0.875 bits per heavy atom. The average molecular weight is 226 g/mol. The van der Waals surface area contributed by atoms with Crippen molar-refractivity contribution in [2.45, 2.75) is 47.0 Å². The second-order valence-electron chi connectivity index (χ2n) is 6.39. The Labute approximate surface area is 102 Å². The summed E-state index contributed by atoms with van der Waals surface area (Å²) >= 11 is 0. The third kappa shape index (κ3) is 5.86. The summed E-state index contributed by atoms with van der Waals surface area (Å²) in [4.78, 5) is 5.26. The van der Waals surface area contributed by atoms with Gasteiger partial charge in [-0.15, -0.1) is 0 Å². The molecule has 2 nitrogen and oxygen atoms in total. The van der Waals surface area contributed by atoms with Crippen LogP contribution >= 0.6 is 0 Å². The van der Waals surface area contributed by atoms with Gasteiger partial charge in [-0.25, -0.2) is 0 Å². The van der Waals surface area contributed by atoms with Crippen molar-refractivity contribution >= 4 is 0 Å². The van der Waals surface area contributed by atoms with Gasteiger partial charge in [-0.2, -0.15) is 0 Å². The average Bonchev–Trinajstić information content (AvgIpc) is 2.19. The van der Waals surface area contributed by atoms with Crippen molar-refractivity contribution in [1.29, 1.82) is 0 Å². The lowest BCUT2D eigenvalue weighted by atomic mass is 9.96. The van der Waals surface area contributed by atoms with Crippen molar-refractivity contribution in [3.05, 3.63) is 0 Å². The van der Waals surface area contributed by atoms with Crippen LogP contribution in [0.4, 0.5) is 0 Å². The molecule has 1 aliphatic heterocycles. The third-order valence-corrected chi connectivity index (χ3v) is 3.24. The molecule has 0 atom stereocenters. The molecule has 0 bridgehead atoms. The number of hydrogen-bond donors (Lipinski definition) is 0. The molecule has 0 aromatic rings. The molecule has 0 amide bonds. The first-order chi connectivity index (χ1) is 7.51. The molecule has 0 aromatic heterocycles. The van der Waals surface area contributed by atoms with E-state index in [-0.39, 0.29) is 0 Å². The van der Waals surface area contributed by atoms with E-state index in [9.17, 15) is 0 Å². The molecule has 1 fully saturated rings. The first-order valence-corrected chi connectivity index (χ1v) is 6.96. The molecule has 1 saturated heterocycles. The first kappa shape index (κ1) is 14.0. The van der Waals surface area contributed by atoms with Crippen LogP contribution in [0.3, 0.4) is 0 Å². The lowest BCUT2D eigenvalue weighted by Crippen LogP contribution is -2.48. The molecule has 0 unspecified atom stereocenters. The minimum absolute atomic E-state index is 0.449. The van der Waals surface area contributed by atoms with Crippen LogP contribution < -0.4 is 0 Å². The van der Waals surface area contributed by atoms with Gasteiger partial charge >= 0.3 is 0 Å². The van der Waals surface area contributed by atoms with Crippen LogP contribution in [0.25, 0.3) is 0 Å². The summed E-state index contributed by atoms with van der Waals surface area (Å²) in [6.45, 7) is 16.9. The van der Waals surface area contributed by atoms with Crippen LogP contribution in [-0.4, -0.2) is 49.1 Å². The molecular formula is C14H30N2. The maximum absolute atomic E-state index is 2.63. The SMILES string of the molecule is CCCCCN1CCN(CC(C)(C)C)CC1. The Balaban J connectivity index is 2.13. The Morgan fingerprint density at radius 3 is 1.94 bits per heavy atom. The summed E-state index contributed by atoms with van der Waals surface area (Å²) in [5, 5.41) is 0. The minimum Gasteiger partial charge on any atom is -0.301 e. The zero-order valence-electron chi connectivity index (χ0n) is 11.8. The van der Waals surface area contributed by atoms with E-state index in [2.05, 4.69) is 37.5 Å². The van der Waals surface area contributed by atoms with E-state index in [0.717, 1.165) is 0 Å². The van der Waals surface area contributed by atoms with Crippen LogP contribution in [-0.2, 0) is 0 Å². The highest BCUT2D eigenvalue weighted by molar-refractivity contribution is 4.76. The molecule has 1 heterocycles. The summed E-state index contributed by atoms with van der Waals surface area (Å²) in [7, 11) is 0. The predicted octanol–water partition coefficient (Wildman–Crippen LogP) is 2.84. The van der Waals surface area contributed by atoms with Gasteiger partial charge < -0.3 is 9.80 Å².